The average Bonchev–Trinajstić information content (AvgIpc) is 3.48. The summed E-state index contributed by atoms with van der Waals surface area (Å²) in [7, 11) is 0. The summed E-state index contributed by atoms with van der Waals surface area (Å²) < 4.78 is 1.83. The summed E-state index contributed by atoms with van der Waals surface area (Å²) in [5.74, 6) is 0.305. The second kappa shape index (κ2) is 8.69. The van der Waals surface area contributed by atoms with Crippen molar-refractivity contribution in [3.05, 3.63) is 109 Å². The molecule has 0 unspecified atom stereocenters. The summed E-state index contributed by atoms with van der Waals surface area (Å²) in [4.78, 5) is 21.8. The van der Waals surface area contributed by atoms with E-state index in [1.54, 1.807) is 0 Å². The molecule has 0 aliphatic rings. The molecule has 0 spiro atoms. The number of aromatic nitrogens is 3. The molecule has 0 aliphatic heterocycles. The summed E-state index contributed by atoms with van der Waals surface area (Å²) in [5, 5.41) is 2.91. The summed E-state index contributed by atoms with van der Waals surface area (Å²) in [6.45, 7) is 0. The van der Waals surface area contributed by atoms with Crippen LogP contribution in [0.4, 0.5) is 0 Å². The Balaban J connectivity index is 1.35. The van der Waals surface area contributed by atoms with E-state index in [0.29, 0.717) is 0 Å². The molecule has 1 N–H and O–H groups in total. The van der Waals surface area contributed by atoms with E-state index < -0.39 is 0 Å². The number of H-pyrrole nitrogens is 1. The van der Waals surface area contributed by atoms with Crippen LogP contribution in [0.1, 0.15) is 4.79 Å². The van der Waals surface area contributed by atoms with Crippen LogP contribution in [-0.4, -0.2) is 26.2 Å². The topological polar surface area (TPSA) is 50.7 Å². The average molecular weight is 460 g/mol. The number of para-hydroxylation sites is 2. The molecule has 2 aromatic heterocycles. The van der Waals surface area contributed by atoms with Gasteiger partial charge in [0.05, 0.1) is 28.2 Å². The molecular weight excluding hydrogens is 438 g/mol. The SMILES string of the molecule is O=C(CSc1nc(-c2ccccc2)c(-c2ccccc2)[nH]1)n1c2ccccc2c2ccccc21. The van der Waals surface area contributed by atoms with E-state index in [1.807, 2.05) is 77.4 Å². The minimum Gasteiger partial charge on any atom is -0.332 e. The number of imidazole rings is 1. The van der Waals surface area contributed by atoms with Crippen molar-refractivity contribution in [1.82, 2.24) is 14.5 Å². The third-order valence-electron chi connectivity index (χ3n) is 5.95. The number of hydrogen-bond acceptors (Lipinski definition) is 3. The fourth-order valence-electron chi connectivity index (χ4n) is 4.42. The van der Waals surface area contributed by atoms with Crippen LogP contribution in [-0.2, 0) is 0 Å². The largest absolute Gasteiger partial charge is 0.332 e. The molecule has 5 heteroatoms. The van der Waals surface area contributed by atoms with Gasteiger partial charge in [-0.15, -0.1) is 0 Å². The monoisotopic (exact) mass is 459 g/mol. The molecule has 0 amide bonds. The molecule has 0 bridgehead atoms. The third kappa shape index (κ3) is 3.60. The fourth-order valence-corrected chi connectivity index (χ4v) is 5.14. The number of aromatic amines is 1. The fraction of sp³-hybridized carbons (Fsp3) is 0.0345. The summed E-state index contributed by atoms with van der Waals surface area (Å²) in [5.41, 5.74) is 5.82. The first-order valence-electron chi connectivity index (χ1n) is 11.1. The molecule has 164 valence electrons. The Kier molecular flexibility index (Phi) is 5.24. The standard InChI is InChI=1S/C29H21N3OS/c33-26(32-24-17-9-7-15-22(24)23-16-8-10-18-25(23)32)19-34-29-30-27(20-11-3-1-4-12-20)28(31-29)21-13-5-2-6-14-21/h1-18H,19H2,(H,30,31). The van der Waals surface area contributed by atoms with Gasteiger partial charge in [-0.25, -0.2) is 4.98 Å². The lowest BCUT2D eigenvalue weighted by Crippen LogP contribution is -2.12. The maximum atomic E-state index is 13.4. The van der Waals surface area contributed by atoms with E-state index in [4.69, 9.17) is 4.98 Å². The summed E-state index contributed by atoms with van der Waals surface area (Å²) in [6.07, 6.45) is 0. The van der Waals surface area contributed by atoms with Crippen molar-refractivity contribution >= 4 is 39.5 Å². The normalized spacial score (nSPS) is 11.3. The number of carbonyl (C=O) groups is 1. The molecule has 0 atom stereocenters. The highest BCUT2D eigenvalue weighted by Gasteiger charge is 2.18. The number of thioether (sulfide) groups is 1. The molecule has 6 aromatic rings. The van der Waals surface area contributed by atoms with Gasteiger partial charge in [0, 0.05) is 21.9 Å². The Bertz CT molecular complexity index is 1510. The highest BCUT2D eigenvalue weighted by molar-refractivity contribution is 7.99. The lowest BCUT2D eigenvalue weighted by Gasteiger charge is -2.05. The zero-order chi connectivity index (χ0) is 22.9. The van der Waals surface area contributed by atoms with E-state index in [0.717, 1.165) is 49.5 Å². The summed E-state index contributed by atoms with van der Waals surface area (Å²) >= 11 is 1.43. The van der Waals surface area contributed by atoms with Crippen LogP contribution in [0.15, 0.2) is 114 Å². The molecule has 0 fully saturated rings. The van der Waals surface area contributed by atoms with Crippen molar-refractivity contribution < 1.29 is 4.79 Å². The van der Waals surface area contributed by atoms with Crippen molar-refractivity contribution in [3.63, 3.8) is 0 Å². The van der Waals surface area contributed by atoms with E-state index in [1.165, 1.54) is 11.8 Å². The Morgan fingerprint density at radius 1 is 0.706 bits per heavy atom. The number of rotatable bonds is 5. The van der Waals surface area contributed by atoms with Gasteiger partial charge >= 0.3 is 0 Å². The molecule has 2 heterocycles. The number of carbonyl (C=O) groups excluding carboxylic acids is 1. The van der Waals surface area contributed by atoms with Crippen LogP contribution < -0.4 is 0 Å². The highest BCUT2D eigenvalue weighted by Crippen LogP contribution is 2.33. The van der Waals surface area contributed by atoms with Gasteiger partial charge in [-0.2, -0.15) is 0 Å². The van der Waals surface area contributed by atoms with E-state index >= 15 is 0 Å². The van der Waals surface area contributed by atoms with Gasteiger partial charge in [0.1, 0.15) is 0 Å². The lowest BCUT2D eigenvalue weighted by molar-refractivity contribution is 0.0951. The lowest BCUT2D eigenvalue weighted by atomic mass is 10.1. The predicted octanol–water partition coefficient (Wildman–Crippen LogP) is 7.28. The number of fused-ring (bicyclic) bond motifs is 3. The zero-order valence-corrected chi connectivity index (χ0v) is 19.1. The van der Waals surface area contributed by atoms with Gasteiger partial charge in [0.25, 0.3) is 0 Å². The first-order valence-corrected chi connectivity index (χ1v) is 12.1. The summed E-state index contributed by atoms with van der Waals surface area (Å²) in [6, 6.07) is 36.4. The minimum absolute atomic E-state index is 0.0290. The zero-order valence-electron chi connectivity index (χ0n) is 18.3. The number of nitrogens with one attached hydrogen (secondary N) is 1. The maximum Gasteiger partial charge on any atom is 0.242 e. The second-order valence-corrected chi connectivity index (χ2v) is 9.01. The van der Waals surface area contributed by atoms with Crippen molar-refractivity contribution in [2.24, 2.45) is 0 Å². The van der Waals surface area contributed by atoms with Gasteiger partial charge in [-0.05, 0) is 12.1 Å². The molecule has 0 saturated heterocycles. The Labute approximate surface area is 201 Å². The predicted molar refractivity (Wildman–Crippen MR) is 140 cm³/mol. The van der Waals surface area contributed by atoms with Gasteiger partial charge in [-0.1, -0.05) is 109 Å². The smallest absolute Gasteiger partial charge is 0.242 e. The van der Waals surface area contributed by atoms with Gasteiger partial charge in [0.15, 0.2) is 5.16 Å². The molecule has 0 aliphatic carbocycles. The maximum absolute atomic E-state index is 13.4. The van der Waals surface area contributed by atoms with Crippen molar-refractivity contribution in [3.8, 4) is 22.5 Å². The van der Waals surface area contributed by atoms with Crippen LogP contribution in [0, 0.1) is 0 Å². The van der Waals surface area contributed by atoms with Gasteiger partial charge in [0.2, 0.25) is 5.91 Å². The van der Waals surface area contributed by atoms with E-state index in [9.17, 15) is 4.79 Å². The highest BCUT2D eigenvalue weighted by atomic mass is 32.2. The van der Waals surface area contributed by atoms with Crippen molar-refractivity contribution in [2.75, 3.05) is 5.75 Å². The quantitative estimate of drug-likeness (QED) is 0.276. The first kappa shape index (κ1) is 20.5. The van der Waals surface area contributed by atoms with Gasteiger partial charge in [-0.3, -0.25) is 9.36 Å². The number of hydrogen-bond donors (Lipinski definition) is 1. The Morgan fingerprint density at radius 2 is 1.24 bits per heavy atom. The molecule has 34 heavy (non-hydrogen) atoms. The molecule has 0 radical (unpaired) electrons. The molecule has 0 saturated carbocycles. The van der Waals surface area contributed by atoms with Crippen molar-refractivity contribution in [2.45, 2.75) is 5.16 Å². The second-order valence-electron chi connectivity index (χ2n) is 8.05. The Hall–Kier alpha value is -4.09. The molecule has 4 aromatic carbocycles. The molecule has 6 rings (SSSR count). The van der Waals surface area contributed by atoms with Crippen LogP contribution in [0.2, 0.25) is 0 Å². The van der Waals surface area contributed by atoms with Crippen LogP contribution in [0.25, 0.3) is 44.3 Å². The van der Waals surface area contributed by atoms with Crippen molar-refractivity contribution in [1.29, 1.82) is 0 Å². The molecular formula is C29H21N3OS. The van der Waals surface area contributed by atoms with E-state index in [2.05, 4.69) is 41.4 Å². The third-order valence-corrected chi connectivity index (χ3v) is 6.81. The Morgan fingerprint density at radius 3 is 1.85 bits per heavy atom. The van der Waals surface area contributed by atoms with Crippen LogP contribution >= 0.6 is 11.8 Å². The number of benzene rings is 4. The number of nitrogens with zero attached hydrogens (tertiary/aromatic N) is 2. The first-order chi connectivity index (χ1) is 16.8. The van der Waals surface area contributed by atoms with Crippen LogP contribution in [0.3, 0.4) is 0 Å². The van der Waals surface area contributed by atoms with Crippen LogP contribution in [0.5, 0.6) is 0 Å². The van der Waals surface area contributed by atoms with Gasteiger partial charge < -0.3 is 4.98 Å². The minimum atomic E-state index is 0.0290. The molecule has 4 nitrogen and oxygen atoms in total. The van der Waals surface area contributed by atoms with E-state index in [-0.39, 0.29) is 11.7 Å².